The molecule has 1 aromatic carbocycles. The van der Waals surface area contributed by atoms with Crippen LogP contribution in [-0.2, 0) is 0 Å². The Morgan fingerprint density at radius 2 is 2.20 bits per heavy atom. The highest BCUT2D eigenvalue weighted by Crippen LogP contribution is 2.51. The van der Waals surface area contributed by atoms with Gasteiger partial charge in [-0.15, -0.1) is 11.8 Å². The number of rotatable bonds is 1. The summed E-state index contributed by atoms with van der Waals surface area (Å²) in [6.07, 6.45) is 3.29. The second-order valence-electron chi connectivity index (χ2n) is 4.61. The van der Waals surface area contributed by atoms with Gasteiger partial charge in [-0.1, -0.05) is 0 Å². The monoisotopic (exact) mass is 223 g/mol. The van der Waals surface area contributed by atoms with Gasteiger partial charge in [0.05, 0.1) is 0 Å². The summed E-state index contributed by atoms with van der Waals surface area (Å²) in [5, 5.41) is 0. The highest BCUT2D eigenvalue weighted by molar-refractivity contribution is 7.99. The van der Waals surface area contributed by atoms with Gasteiger partial charge in [0.2, 0.25) is 0 Å². The van der Waals surface area contributed by atoms with E-state index in [4.69, 9.17) is 5.73 Å². The molecular formula is C12H14FNS. The van der Waals surface area contributed by atoms with Crippen LogP contribution in [0, 0.1) is 5.82 Å². The molecule has 1 aromatic rings. The second kappa shape index (κ2) is 3.22. The zero-order chi connectivity index (χ0) is 10.5. The van der Waals surface area contributed by atoms with Crippen molar-refractivity contribution in [2.75, 3.05) is 5.75 Å². The molecule has 1 aliphatic heterocycles. The Bertz CT molecular complexity index is 401. The van der Waals surface area contributed by atoms with Crippen LogP contribution in [0.25, 0.3) is 0 Å². The van der Waals surface area contributed by atoms with Gasteiger partial charge in [0.15, 0.2) is 0 Å². The summed E-state index contributed by atoms with van der Waals surface area (Å²) in [6, 6.07) is 5.12. The Morgan fingerprint density at radius 3 is 2.93 bits per heavy atom. The van der Waals surface area contributed by atoms with Crippen LogP contribution in [-0.4, -0.2) is 11.3 Å². The fraction of sp³-hybridized carbons (Fsp3) is 0.500. The van der Waals surface area contributed by atoms with Gasteiger partial charge in [-0.3, -0.25) is 0 Å². The smallest absolute Gasteiger partial charge is 0.123 e. The Hall–Kier alpha value is -0.540. The molecule has 3 rings (SSSR count). The molecule has 1 unspecified atom stereocenters. The summed E-state index contributed by atoms with van der Waals surface area (Å²) in [6.45, 7) is 0. The number of thioether (sulfide) groups is 1. The van der Waals surface area contributed by atoms with Gasteiger partial charge < -0.3 is 5.73 Å². The quantitative estimate of drug-likeness (QED) is 0.792. The van der Waals surface area contributed by atoms with E-state index in [1.165, 1.54) is 4.90 Å². The van der Waals surface area contributed by atoms with E-state index in [2.05, 4.69) is 0 Å². The van der Waals surface area contributed by atoms with Crippen molar-refractivity contribution in [3.63, 3.8) is 0 Å². The van der Waals surface area contributed by atoms with Crippen molar-refractivity contribution in [3.05, 3.63) is 29.6 Å². The van der Waals surface area contributed by atoms with E-state index in [0.717, 1.165) is 30.6 Å². The first-order valence-electron chi connectivity index (χ1n) is 5.40. The molecule has 1 aliphatic carbocycles. The third-order valence-corrected chi connectivity index (χ3v) is 4.66. The molecule has 80 valence electrons. The third kappa shape index (κ3) is 1.58. The predicted molar refractivity (Wildman–Crippen MR) is 60.6 cm³/mol. The minimum Gasteiger partial charge on any atom is -0.325 e. The molecule has 0 spiro atoms. The number of fused-ring (bicyclic) bond motifs is 1. The van der Waals surface area contributed by atoms with Gasteiger partial charge in [-0.05, 0) is 48.8 Å². The first-order valence-corrected chi connectivity index (χ1v) is 6.39. The van der Waals surface area contributed by atoms with Crippen molar-refractivity contribution < 1.29 is 4.39 Å². The molecule has 2 N–H and O–H groups in total. The molecule has 1 saturated carbocycles. The highest BCUT2D eigenvalue weighted by Gasteiger charge is 2.47. The van der Waals surface area contributed by atoms with Gasteiger partial charge in [-0.25, -0.2) is 4.39 Å². The molecule has 0 amide bonds. The fourth-order valence-electron chi connectivity index (χ4n) is 2.46. The molecule has 15 heavy (non-hydrogen) atoms. The molecule has 0 saturated heterocycles. The zero-order valence-electron chi connectivity index (χ0n) is 8.50. The van der Waals surface area contributed by atoms with Crippen molar-refractivity contribution in [3.8, 4) is 0 Å². The Kier molecular flexibility index (Phi) is 2.08. The van der Waals surface area contributed by atoms with Crippen LogP contribution in [0.15, 0.2) is 23.1 Å². The molecule has 0 bridgehead atoms. The van der Waals surface area contributed by atoms with E-state index < -0.39 is 0 Å². The van der Waals surface area contributed by atoms with Crippen molar-refractivity contribution in [2.45, 2.75) is 35.6 Å². The Balaban J connectivity index is 2.05. The van der Waals surface area contributed by atoms with Crippen LogP contribution < -0.4 is 5.73 Å². The molecule has 0 aromatic heterocycles. The maximum atomic E-state index is 13.2. The van der Waals surface area contributed by atoms with E-state index in [-0.39, 0.29) is 11.4 Å². The van der Waals surface area contributed by atoms with E-state index in [1.54, 1.807) is 12.1 Å². The summed E-state index contributed by atoms with van der Waals surface area (Å²) in [4.78, 5) is 1.23. The van der Waals surface area contributed by atoms with Crippen molar-refractivity contribution in [1.82, 2.24) is 0 Å². The summed E-state index contributed by atoms with van der Waals surface area (Å²) in [7, 11) is 0. The second-order valence-corrected chi connectivity index (χ2v) is 5.74. The number of nitrogens with two attached hydrogens (primary N) is 1. The lowest BCUT2D eigenvalue weighted by Gasteiger charge is -2.29. The van der Waals surface area contributed by atoms with E-state index in [1.807, 2.05) is 17.8 Å². The van der Waals surface area contributed by atoms with Crippen molar-refractivity contribution in [2.24, 2.45) is 5.73 Å². The predicted octanol–water partition coefficient (Wildman–Crippen LogP) is 2.90. The zero-order valence-corrected chi connectivity index (χ0v) is 9.32. The molecule has 1 atom stereocenters. The number of halogens is 1. The first-order chi connectivity index (χ1) is 7.19. The minimum absolute atomic E-state index is 0.0243. The van der Waals surface area contributed by atoms with Gasteiger partial charge in [-0.2, -0.15) is 0 Å². The average Bonchev–Trinajstić information content (AvgIpc) is 2.96. The van der Waals surface area contributed by atoms with Crippen LogP contribution in [0.1, 0.15) is 30.7 Å². The number of benzene rings is 1. The Morgan fingerprint density at radius 1 is 1.40 bits per heavy atom. The lowest BCUT2D eigenvalue weighted by Crippen LogP contribution is -2.32. The largest absolute Gasteiger partial charge is 0.325 e. The summed E-state index contributed by atoms with van der Waals surface area (Å²) in [5.74, 6) is 1.36. The topological polar surface area (TPSA) is 26.0 Å². The van der Waals surface area contributed by atoms with Gasteiger partial charge >= 0.3 is 0 Å². The van der Waals surface area contributed by atoms with Crippen LogP contribution >= 0.6 is 11.8 Å². The van der Waals surface area contributed by atoms with Crippen molar-refractivity contribution >= 4 is 11.8 Å². The normalized spacial score (nSPS) is 27.2. The molecular weight excluding hydrogens is 209 g/mol. The average molecular weight is 223 g/mol. The first kappa shape index (κ1) is 9.67. The van der Waals surface area contributed by atoms with E-state index >= 15 is 0 Å². The molecule has 3 heteroatoms. The molecule has 1 fully saturated rings. The number of hydrogen-bond acceptors (Lipinski definition) is 2. The third-order valence-electron chi connectivity index (χ3n) is 3.53. The van der Waals surface area contributed by atoms with Crippen LogP contribution in [0.2, 0.25) is 0 Å². The highest BCUT2D eigenvalue weighted by atomic mass is 32.2. The maximum Gasteiger partial charge on any atom is 0.123 e. The molecule has 1 heterocycles. The Labute approximate surface area is 93.2 Å². The van der Waals surface area contributed by atoms with Crippen LogP contribution in [0.3, 0.4) is 0 Å². The maximum absolute atomic E-state index is 13.2. The lowest BCUT2D eigenvalue weighted by molar-refractivity contribution is 0.492. The van der Waals surface area contributed by atoms with Gasteiger partial charge in [0, 0.05) is 16.4 Å². The molecule has 0 radical (unpaired) electrons. The van der Waals surface area contributed by atoms with E-state index in [0.29, 0.717) is 5.92 Å². The summed E-state index contributed by atoms with van der Waals surface area (Å²) >= 11 is 1.82. The van der Waals surface area contributed by atoms with Crippen LogP contribution in [0.4, 0.5) is 4.39 Å². The van der Waals surface area contributed by atoms with Crippen molar-refractivity contribution in [1.29, 1.82) is 0 Å². The fourth-order valence-corrected chi connectivity index (χ4v) is 3.56. The molecule has 2 aliphatic rings. The molecule has 1 nitrogen and oxygen atoms in total. The summed E-state index contributed by atoms with van der Waals surface area (Å²) in [5.41, 5.74) is 7.37. The van der Waals surface area contributed by atoms with E-state index in [9.17, 15) is 4.39 Å². The summed E-state index contributed by atoms with van der Waals surface area (Å²) < 4.78 is 13.2. The SMILES string of the molecule is NC1(C2CCSc3ccc(F)cc32)CC1. The van der Waals surface area contributed by atoms with Gasteiger partial charge in [0.1, 0.15) is 5.82 Å². The minimum atomic E-state index is -0.134. The van der Waals surface area contributed by atoms with Crippen LogP contribution in [0.5, 0.6) is 0 Å². The van der Waals surface area contributed by atoms with Gasteiger partial charge in [0.25, 0.3) is 0 Å². The lowest BCUT2D eigenvalue weighted by atomic mass is 9.87. The number of hydrogen-bond donors (Lipinski definition) is 1. The standard InChI is InChI=1S/C12H14FNS/c13-8-1-2-11-9(7-8)10(3-6-15-11)12(14)4-5-12/h1-2,7,10H,3-6,14H2.